The van der Waals surface area contributed by atoms with Crippen LogP contribution in [0, 0.1) is 0 Å². The zero-order valence-electron chi connectivity index (χ0n) is 15.1. The second-order valence-corrected chi connectivity index (χ2v) is 10.2. The van der Waals surface area contributed by atoms with Crippen molar-refractivity contribution in [2.24, 2.45) is 5.10 Å². The first-order valence-corrected chi connectivity index (χ1v) is 12.2. The Hall–Kier alpha value is -2.07. The van der Waals surface area contributed by atoms with Crippen LogP contribution in [0.1, 0.15) is 24.1 Å². The van der Waals surface area contributed by atoms with Crippen molar-refractivity contribution in [1.82, 2.24) is 9.29 Å². The fourth-order valence-corrected chi connectivity index (χ4v) is 5.86. The highest BCUT2D eigenvalue weighted by atomic mass is 32.2. The first kappa shape index (κ1) is 19.3. The average Bonchev–Trinajstić information content (AvgIpc) is 3.41. The van der Waals surface area contributed by atoms with E-state index in [0.29, 0.717) is 23.1 Å². The second kappa shape index (κ2) is 8.52. The Bertz CT molecular complexity index is 1050. The number of nitrogens with one attached hydrogen (secondary N) is 1. The second-order valence-electron chi connectivity index (χ2n) is 6.42. The summed E-state index contributed by atoms with van der Waals surface area (Å²) in [5.41, 5.74) is 4.44. The maximum atomic E-state index is 12.9. The number of rotatable bonds is 6. The molecule has 146 valence electrons. The predicted octanol–water partition coefficient (Wildman–Crippen LogP) is 4.49. The molecule has 0 amide bonds. The molecule has 0 atom stereocenters. The summed E-state index contributed by atoms with van der Waals surface area (Å²) in [4.78, 5) is 5.90. The van der Waals surface area contributed by atoms with Crippen LogP contribution in [0.3, 0.4) is 0 Å². The van der Waals surface area contributed by atoms with Gasteiger partial charge in [-0.3, -0.25) is 5.43 Å². The minimum atomic E-state index is -3.45. The van der Waals surface area contributed by atoms with Gasteiger partial charge in [-0.05, 0) is 36.4 Å². The highest BCUT2D eigenvalue weighted by Gasteiger charge is 2.26. The Balaban J connectivity index is 1.51. The van der Waals surface area contributed by atoms with E-state index in [-0.39, 0.29) is 0 Å². The van der Waals surface area contributed by atoms with E-state index >= 15 is 0 Å². The molecule has 0 spiro atoms. The number of thiophene rings is 1. The van der Waals surface area contributed by atoms with Gasteiger partial charge in [0, 0.05) is 28.9 Å². The van der Waals surface area contributed by atoms with Crippen LogP contribution in [0.2, 0.25) is 0 Å². The maximum absolute atomic E-state index is 12.9. The third-order valence-electron chi connectivity index (χ3n) is 4.48. The van der Waals surface area contributed by atoms with Crippen LogP contribution in [0.4, 0.5) is 5.13 Å². The lowest BCUT2D eigenvalue weighted by Crippen LogP contribution is -2.35. The number of thiazole rings is 1. The number of hydrazone groups is 1. The summed E-state index contributed by atoms with van der Waals surface area (Å²) >= 11 is 3.04. The summed E-state index contributed by atoms with van der Waals surface area (Å²) in [7, 11) is -3.45. The van der Waals surface area contributed by atoms with Crippen LogP contribution in [0.5, 0.6) is 0 Å². The van der Waals surface area contributed by atoms with Crippen molar-refractivity contribution in [3.8, 4) is 11.3 Å². The molecule has 1 saturated heterocycles. The minimum Gasteiger partial charge on any atom is -0.253 e. The third kappa shape index (κ3) is 4.33. The minimum absolute atomic E-state index is 0.324. The predicted molar refractivity (Wildman–Crippen MR) is 116 cm³/mol. The van der Waals surface area contributed by atoms with Crippen LogP contribution in [-0.4, -0.2) is 37.0 Å². The molecule has 0 unspecified atom stereocenters. The molecule has 0 bridgehead atoms. The van der Waals surface area contributed by atoms with Gasteiger partial charge in [0.2, 0.25) is 15.2 Å². The van der Waals surface area contributed by atoms with Gasteiger partial charge in [0.05, 0.1) is 16.8 Å². The van der Waals surface area contributed by atoms with E-state index < -0.39 is 10.0 Å². The summed E-state index contributed by atoms with van der Waals surface area (Å²) in [6.45, 7) is 1.19. The average molecular weight is 433 g/mol. The van der Waals surface area contributed by atoms with Crippen molar-refractivity contribution in [2.45, 2.75) is 24.2 Å². The zero-order valence-corrected chi connectivity index (χ0v) is 17.6. The molecule has 0 radical (unpaired) electrons. The Morgan fingerprint density at radius 3 is 2.75 bits per heavy atom. The number of anilines is 1. The number of hydrogen-bond acceptors (Lipinski definition) is 7. The van der Waals surface area contributed by atoms with Gasteiger partial charge in [-0.25, -0.2) is 13.4 Å². The fourth-order valence-electron chi connectivity index (χ4n) is 3.04. The van der Waals surface area contributed by atoms with Crippen LogP contribution in [0.15, 0.2) is 57.2 Å². The molecule has 0 saturated carbocycles. The number of hydrogen-bond donors (Lipinski definition) is 1. The van der Waals surface area contributed by atoms with E-state index in [1.54, 1.807) is 40.1 Å². The molecule has 1 fully saturated rings. The van der Waals surface area contributed by atoms with E-state index in [2.05, 4.69) is 15.5 Å². The fraction of sp³-hybridized carbons (Fsp3) is 0.263. The summed E-state index contributed by atoms with van der Waals surface area (Å²) in [5.74, 6) is 0. The molecule has 1 aliphatic heterocycles. The van der Waals surface area contributed by atoms with E-state index in [9.17, 15) is 8.42 Å². The molecule has 1 aromatic carbocycles. The first-order valence-electron chi connectivity index (χ1n) is 9.02. The van der Waals surface area contributed by atoms with Gasteiger partial charge in [0.25, 0.3) is 0 Å². The standard InChI is InChI=1S/C19H20N4O2S3/c24-28(25,23-9-2-1-3-10-23)17-8-4-6-15(12-17)18-14-27-19(21-18)22-20-13-16-7-5-11-26-16/h4-8,11-14H,1-3,9-10H2,(H,21,22)/b20-13+. The van der Waals surface area contributed by atoms with Gasteiger partial charge in [0.1, 0.15) is 0 Å². The lowest BCUT2D eigenvalue weighted by atomic mass is 10.2. The highest BCUT2D eigenvalue weighted by Crippen LogP contribution is 2.28. The Morgan fingerprint density at radius 1 is 1.11 bits per heavy atom. The van der Waals surface area contributed by atoms with Crippen molar-refractivity contribution < 1.29 is 8.42 Å². The van der Waals surface area contributed by atoms with Gasteiger partial charge >= 0.3 is 0 Å². The molecule has 0 aliphatic carbocycles. The lowest BCUT2D eigenvalue weighted by Gasteiger charge is -2.26. The molecular formula is C19H20N4O2S3. The Kier molecular flexibility index (Phi) is 5.86. The molecule has 3 aromatic rings. The topological polar surface area (TPSA) is 74.7 Å². The largest absolute Gasteiger partial charge is 0.253 e. The van der Waals surface area contributed by atoms with E-state index in [1.807, 2.05) is 29.0 Å². The van der Waals surface area contributed by atoms with Crippen LogP contribution in [0.25, 0.3) is 11.3 Å². The van der Waals surface area contributed by atoms with Gasteiger partial charge in [-0.1, -0.05) is 24.6 Å². The highest BCUT2D eigenvalue weighted by molar-refractivity contribution is 7.89. The summed E-state index contributed by atoms with van der Waals surface area (Å²) in [5, 5.41) is 8.74. The number of sulfonamides is 1. The molecule has 4 rings (SSSR count). The molecule has 3 heterocycles. The smallest absolute Gasteiger partial charge is 0.243 e. The third-order valence-corrected chi connectivity index (χ3v) is 7.93. The SMILES string of the molecule is O=S(=O)(c1cccc(-c2csc(N/N=C/c3cccs3)n2)c1)N1CCCCC1. The van der Waals surface area contributed by atoms with Crippen LogP contribution in [-0.2, 0) is 10.0 Å². The van der Waals surface area contributed by atoms with Crippen molar-refractivity contribution in [3.63, 3.8) is 0 Å². The molecule has 28 heavy (non-hydrogen) atoms. The van der Waals surface area contributed by atoms with E-state index in [0.717, 1.165) is 35.4 Å². The zero-order chi connectivity index (χ0) is 19.4. The van der Waals surface area contributed by atoms with Crippen LogP contribution >= 0.6 is 22.7 Å². The van der Waals surface area contributed by atoms with Gasteiger partial charge < -0.3 is 0 Å². The number of piperidine rings is 1. The van der Waals surface area contributed by atoms with Gasteiger partial charge in [0.15, 0.2) is 0 Å². The number of benzene rings is 1. The Labute approximate surface area is 172 Å². The maximum Gasteiger partial charge on any atom is 0.243 e. The van der Waals surface area contributed by atoms with E-state index in [4.69, 9.17) is 0 Å². The summed E-state index contributed by atoms with van der Waals surface area (Å²) in [6, 6.07) is 11.0. The number of aromatic nitrogens is 1. The van der Waals surface area contributed by atoms with Gasteiger partial charge in [-0.2, -0.15) is 9.41 Å². The normalized spacial score (nSPS) is 15.9. The lowest BCUT2D eigenvalue weighted by molar-refractivity contribution is 0.346. The summed E-state index contributed by atoms with van der Waals surface area (Å²) < 4.78 is 27.4. The van der Waals surface area contributed by atoms with Crippen molar-refractivity contribution in [3.05, 3.63) is 52.0 Å². The molecule has 9 heteroatoms. The first-order chi connectivity index (χ1) is 13.6. The van der Waals surface area contributed by atoms with Crippen molar-refractivity contribution in [2.75, 3.05) is 18.5 Å². The monoisotopic (exact) mass is 432 g/mol. The van der Waals surface area contributed by atoms with Crippen molar-refractivity contribution >= 4 is 44.0 Å². The summed E-state index contributed by atoms with van der Waals surface area (Å²) in [6.07, 6.45) is 4.69. The Morgan fingerprint density at radius 2 is 1.96 bits per heavy atom. The molecule has 2 aromatic heterocycles. The molecule has 1 N–H and O–H groups in total. The van der Waals surface area contributed by atoms with Gasteiger partial charge in [-0.15, -0.1) is 22.7 Å². The molecule has 1 aliphatic rings. The van der Waals surface area contributed by atoms with Crippen molar-refractivity contribution in [1.29, 1.82) is 0 Å². The van der Waals surface area contributed by atoms with E-state index in [1.165, 1.54) is 11.3 Å². The molecule has 6 nitrogen and oxygen atoms in total. The van der Waals surface area contributed by atoms with Crippen LogP contribution < -0.4 is 5.43 Å². The number of nitrogens with zero attached hydrogens (tertiary/aromatic N) is 3. The quantitative estimate of drug-likeness (QED) is 0.460. The molecular weight excluding hydrogens is 412 g/mol.